The first-order valence-electron chi connectivity index (χ1n) is 4.84. The van der Waals surface area contributed by atoms with Crippen LogP contribution in [0.2, 0.25) is 0 Å². The second-order valence-electron chi connectivity index (χ2n) is 3.87. The van der Waals surface area contributed by atoms with Crippen LogP contribution in [-0.2, 0) is 16.4 Å². The SMILES string of the molecule is CC(C)Nc1nccn1CCS(C)(=O)=O. The molecule has 0 amide bonds. The van der Waals surface area contributed by atoms with Gasteiger partial charge in [-0.2, -0.15) is 0 Å². The average molecular weight is 231 g/mol. The van der Waals surface area contributed by atoms with Crippen LogP contribution in [-0.4, -0.2) is 36.0 Å². The van der Waals surface area contributed by atoms with Crippen LogP contribution in [0.3, 0.4) is 0 Å². The van der Waals surface area contributed by atoms with E-state index in [9.17, 15) is 8.42 Å². The molecule has 1 N–H and O–H groups in total. The van der Waals surface area contributed by atoms with Gasteiger partial charge in [-0.25, -0.2) is 13.4 Å². The van der Waals surface area contributed by atoms with Gasteiger partial charge in [0, 0.05) is 31.2 Å². The fraction of sp³-hybridized carbons (Fsp3) is 0.667. The summed E-state index contributed by atoms with van der Waals surface area (Å²) < 4.78 is 23.8. The highest BCUT2D eigenvalue weighted by molar-refractivity contribution is 7.90. The van der Waals surface area contributed by atoms with Crippen molar-refractivity contribution in [2.24, 2.45) is 0 Å². The molecule has 0 saturated carbocycles. The molecule has 0 radical (unpaired) electrons. The molecule has 0 aliphatic rings. The Morgan fingerprint density at radius 3 is 2.73 bits per heavy atom. The van der Waals surface area contributed by atoms with Gasteiger partial charge in [-0.3, -0.25) is 0 Å². The van der Waals surface area contributed by atoms with Gasteiger partial charge in [0.15, 0.2) is 0 Å². The highest BCUT2D eigenvalue weighted by Crippen LogP contribution is 2.06. The van der Waals surface area contributed by atoms with E-state index in [-0.39, 0.29) is 11.8 Å². The summed E-state index contributed by atoms with van der Waals surface area (Å²) in [6.45, 7) is 4.46. The van der Waals surface area contributed by atoms with Gasteiger partial charge in [0.25, 0.3) is 0 Å². The highest BCUT2D eigenvalue weighted by Gasteiger charge is 2.07. The normalized spacial score (nSPS) is 12.0. The molecular formula is C9H17N3O2S. The van der Waals surface area contributed by atoms with Gasteiger partial charge < -0.3 is 9.88 Å². The smallest absolute Gasteiger partial charge is 0.202 e. The third-order valence-electron chi connectivity index (χ3n) is 1.84. The summed E-state index contributed by atoms with van der Waals surface area (Å²) in [5.74, 6) is 0.851. The topological polar surface area (TPSA) is 64.0 Å². The van der Waals surface area contributed by atoms with Crippen LogP contribution in [0.1, 0.15) is 13.8 Å². The minimum atomic E-state index is -2.92. The second kappa shape index (κ2) is 4.65. The van der Waals surface area contributed by atoms with E-state index in [0.29, 0.717) is 12.5 Å². The van der Waals surface area contributed by atoms with Gasteiger partial charge in [0.2, 0.25) is 5.95 Å². The van der Waals surface area contributed by atoms with Crippen LogP contribution in [0.5, 0.6) is 0 Å². The molecular weight excluding hydrogens is 214 g/mol. The molecule has 0 aliphatic heterocycles. The first-order valence-corrected chi connectivity index (χ1v) is 6.90. The quantitative estimate of drug-likeness (QED) is 0.812. The number of sulfone groups is 1. The maximum Gasteiger partial charge on any atom is 0.202 e. The Morgan fingerprint density at radius 1 is 1.53 bits per heavy atom. The monoisotopic (exact) mass is 231 g/mol. The Morgan fingerprint density at radius 2 is 2.20 bits per heavy atom. The van der Waals surface area contributed by atoms with Gasteiger partial charge in [-0.05, 0) is 13.8 Å². The molecule has 0 spiro atoms. The zero-order chi connectivity index (χ0) is 11.5. The number of hydrogen-bond acceptors (Lipinski definition) is 4. The number of aryl methyl sites for hydroxylation is 1. The molecule has 0 aromatic carbocycles. The van der Waals surface area contributed by atoms with Crippen LogP contribution >= 0.6 is 0 Å². The Labute approximate surface area is 90.4 Å². The van der Waals surface area contributed by atoms with Crippen LogP contribution in [0.4, 0.5) is 5.95 Å². The van der Waals surface area contributed by atoms with Crippen molar-refractivity contribution in [3.05, 3.63) is 12.4 Å². The van der Waals surface area contributed by atoms with Crippen molar-refractivity contribution in [3.63, 3.8) is 0 Å². The fourth-order valence-corrected chi connectivity index (χ4v) is 1.68. The third-order valence-corrected chi connectivity index (χ3v) is 2.76. The zero-order valence-corrected chi connectivity index (χ0v) is 10.1. The molecule has 0 unspecified atom stereocenters. The molecule has 0 saturated heterocycles. The van der Waals surface area contributed by atoms with E-state index in [0.717, 1.165) is 0 Å². The minimum absolute atomic E-state index is 0.135. The summed E-state index contributed by atoms with van der Waals surface area (Å²) in [6.07, 6.45) is 4.67. The standard InChI is InChI=1S/C9H17N3O2S/c1-8(2)11-9-10-4-5-12(9)6-7-15(3,13)14/h4-5,8H,6-7H2,1-3H3,(H,10,11). The first kappa shape index (κ1) is 12.0. The van der Waals surface area contributed by atoms with E-state index in [1.165, 1.54) is 6.26 Å². The van der Waals surface area contributed by atoms with Crippen LogP contribution < -0.4 is 5.32 Å². The van der Waals surface area contributed by atoms with Crippen LogP contribution in [0, 0.1) is 0 Å². The Bertz CT molecular complexity index is 409. The van der Waals surface area contributed by atoms with Crippen molar-refractivity contribution >= 4 is 15.8 Å². The molecule has 0 aliphatic carbocycles. The number of nitrogens with zero attached hydrogens (tertiary/aromatic N) is 2. The molecule has 1 rings (SSSR count). The Kier molecular flexibility index (Phi) is 3.73. The predicted molar refractivity (Wildman–Crippen MR) is 60.7 cm³/mol. The van der Waals surface area contributed by atoms with Crippen molar-refractivity contribution in [1.82, 2.24) is 9.55 Å². The van der Waals surface area contributed by atoms with Gasteiger partial charge in [-0.15, -0.1) is 0 Å². The summed E-state index contributed by atoms with van der Waals surface area (Å²) in [6, 6.07) is 0.282. The van der Waals surface area contributed by atoms with E-state index >= 15 is 0 Å². The molecule has 5 nitrogen and oxygen atoms in total. The van der Waals surface area contributed by atoms with Crippen LogP contribution in [0.25, 0.3) is 0 Å². The lowest BCUT2D eigenvalue weighted by Crippen LogP contribution is -2.17. The zero-order valence-electron chi connectivity index (χ0n) is 9.27. The summed E-state index contributed by atoms with van der Waals surface area (Å²) in [5, 5.41) is 3.15. The lowest BCUT2D eigenvalue weighted by Gasteiger charge is -2.11. The lowest BCUT2D eigenvalue weighted by atomic mass is 10.4. The molecule has 1 aromatic rings. The van der Waals surface area contributed by atoms with Crippen molar-refractivity contribution < 1.29 is 8.42 Å². The Balaban J connectivity index is 2.65. The fourth-order valence-electron chi connectivity index (χ4n) is 1.15. The van der Waals surface area contributed by atoms with Gasteiger partial charge >= 0.3 is 0 Å². The van der Waals surface area contributed by atoms with Gasteiger partial charge in [0.05, 0.1) is 5.75 Å². The van der Waals surface area contributed by atoms with Gasteiger partial charge in [0.1, 0.15) is 9.84 Å². The number of aromatic nitrogens is 2. The highest BCUT2D eigenvalue weighted by atomic mass is 32.2. The number of anilines is 1. The second-order valence-corrected chi connectivity index (χ2v) is 6.13. The molecule has 1 heterocycles. The maximum absolute atomic E-state index is 11.0. The summed E-state index contributed by atoms with van der Waals surface area (Å²) in [4.78, 5) is 4.11. The van der Waals surface area contributed by atoms with E-state index in [4.69, 9.17) is 0 Å². The summed E-state index contributed by atoms with van der Waals surface area (Å²) in [7, 11) is -2.92. The average Bonchev–Trinajstić information content (AvgIpc) is 2.46. The largest absolute Gasteiger partial charge is 0.353 e. The van der Waals surface area contributed by atoms with E-state index < -0.39 is 9.84 Å². The van der Waals surface area contributed by atoms with Crippen LogP contribution in [0.15, 0.2) is 12.4 Å². The van der Waals surface area contributed by atoms with Crippen molar-refractivity contribution in [2.45, 2.75) is 26.4 Å². The Hall–Kier alpha value is -1.04. The number of nitrogens with one attached hydrogen (secondary N) is 1. The first-order chi connectivity index (χ1) is 6.88. The summed E-state index contributed by atoms with van der Waals surface area (Å²) in [5.41, 5.74) is 0. The maximum atomic E-state index is 11.0. The number of imidazole rings is 1. The van der Waals surface area contributed by atoms with Gasteiger partial charge in [-0.1, -0.05) is 0 Å². The predicted octanol–water partition coefficient (Wildman–Crippen LogP) is 0.748. The summed E-state index contributed by atoms with van der Waals surface area (Å²) >= 11 is 0. The minimum Gasteiger partial charge on any atom is -0.353 e. The molecule has 0 bridgehead atoms. The van der Waals surface area contributed by atoms with E-state index in [1.807, 2.05) is 13.8 Å². The molecule has 0 fully saturated rings. The number of rotatable bonds is 5. The van der Waals surface area contributed by atoms with Crippen molar-refractivity contribution in [2.75, 3.05) is 17.3 Å². The molecule has 86 valence electrons. The van der Waals surface area contributed by atoms with Crippen molar-refractivity contribution in [1.29, 1.82) is 0 Å². The van der Waals surface area contributed by atoms with E-state index in [1.54, 1.807) is 17.0 Å². The molecule has 6 heteroatoms. The van der Waals surface area contributed by atoms with Crippen molar-refractivity contribution in [3.8, 4) is 0 Å². The molecule has 0 atom stereocenters. The van der Waals surface area contributed by atoms with E-state index in [2.05, 4.69) is 10.3 Å². The molecule has 15 heavy (non-hydrogen) atoms. The lowest BCUT2D eigenvalue weighted by molar-refractivity contribution is 0.595. The molecule has 1 aromatic heterocycles. The number of hydrogen-bond donors (Lipinski definition) is 1. The third kappa shape index (κ3) is 4.33.